The van der Waals surface area contributed by atoms with Crippen LogP contribution < -0.4 is 36.0 Å². The molecule has 3 aliphatic rings. The Balaban J connectivity index is 0.000000182. The summed E-state index contributed by atoms with van der Waals surface area (Å²) in [4.78, 5) is 85.8. The molecule has 6 heterocycles. The zero-order chi connectivity index (χ0) is 52.4. The average molecular weight is 1010 g/mol. The number of halogens is 2. The van der Waals surface area contributed by atoms with Crippen molar-refractivity contribution < 1.29 is 57.1 Å². The number of aromatic nitrogens is 4. The van der Waals surface area contributed by atoms with E-state index in [2.05, 4.69) is 26.7 Å². The standard InChI is InChI=1S/C28H21FN2O7.C25H20FN5O5/c1-2-36-28(35)21-25(37-15-17-6-4-3-5-7-17)22-23-24(38-20(27(33)34)14-31(23)26(21)32)18(13-30-22)12-16-8-10-19(29)11-9-16;1-28-23(34)17-20(32)18-19-21(14(9-29-18)8-13-2-4-15(26)5-3-13)36-16(10-31(19)24(17)35)22(33)30-12-25(11-27)6-7-25/h3-11,13-14H,2,12,15H2,1H3,(H,33,34);2-5,9-10,32H,6-8,12H2,1H3,(H,28,34)(H,30,33). The average Bonchev–Trinajstić information content (AvgIpc) is 4.20. The van der Waals surface area contributed by atoms with E-state index >= 15 is 0 Å². The number of esters is 1. The van der Waals surface area contributed by atoms with Crippen LogP contribution in [0.25, 0.3) is 34.5 Å². The van der Waals surface area contributed by atoms with Gasteiger partial charge in [-0.1, -0.05) is 54.6 Å². The molecule has 0 saturated heterocycles. The number of amides is 2. The lowest BCUT2D eigenvalue weighted by Crippen LogP contribution is -2.35. The zero-order valence-electron chi connectivity index (χ0n) is 39.2. The van der Waals surface area contributed by atoms with E-state index in [4.69, 9.17) is 18.9 Å². The monoisotopic (exact) mass is 1010 g/mol. The third-order valence-corrected chi connectivity index (χ3v) is 12.2. The predicted octanol–water partition coefficient (Wildman–Crippen LogP) is 5.96. The van der Waals surface area contributed by atoms with E-state index in [1.54, 1.807) is 31.2 Å². The molecule has 1 fully saturated rings. The van der Waals surface area contributed by atoms with E-state index in [1.807, 2.05) is 30.3 Å². The van der Waals surface area contributed by atoms with Gasteiger partial charge in [-0.05, 0) is 60.7 Å². The highest BCUT2D eigenvalue weighted by atomic mass is 19.1. The highest BCUT2D eigenvalue weighted by Crippen LogP contribution is 2.44. The smallest absolute Gasteiger partial charge is 0.373 e. The lowest BCUT2D eigenvalue weighted by Gasteiger charge is -2.23. The van der Waals surface area contributed by atoms with E-state index < -0.39 is 74.6 Å². The molecule has 74 heavy (non-hydrogen) atoms. The second-order valence-electron chi connectivity index (χ2n) is 17.1. The first-order chi connectivity index (χ1) is 35.6. The molecule has 21 heteroatoms. The van der Waals surface area contributed by atoms with E-state index in [0.29, 0.717) is 35.1 Å². The van der Waals surface area contributed by atoms with Gasteiger partial charge >= 0.3 is 11.9 Å². The molecule has 2 amide bonds. The molecule has 1 saturated carbocycles. The van der Waals surface area contributed by atoms with Crippen LogP contribution in [0, 0.1) is 28.4 Å². The molecule has 0 unspecified atom stereocenters. The van der Waals surface area contributed by atoms with Gasteiger partial charge in [0.05, 0.1) is 30.5 Å². The van der Waals surface area contributed by atoms with Crippen LogP contribution in [-0.2, 0) is 33.8 Å². The van der Waals surface area contributed by atoms with Crippen LogP contribution in [0.2, 0.25) is 0 Å². The SMILES string of the molecule is CCOC(=O)c1c(OCc2ccccc2)c2ncc(Cc3ccc(F)cc3)c3c2n(c1=O)C=C(C(=O)O)O3.CNC(=O)c1c(O)c2ncc(Cc3ccc(F)cc3)c3c2n(c1=O)C=C(C(=O)NCC1(C#N)CC1)O3. The second-order valence-corrected chi connectivity index (χ2v) is 17.1. The van der Waals surface area contributed by atoms with Gasteiger partial charge in [0.1, 0.15) is 45.9 Å². The quantitative estimate of drug-likeness (QED) is 0.0916. The van der Waals surface area contributed by atoms with E-state index in [-0.39, 0.29) is 77.7 Å². The van der Waals surface area contributed by atoms with Crippen molar-refractivity contribution in [3.05, 3.63) is 174 Å². The number of aromatic hydroxyl groups is 1. The van der Waals surface area contributed by atoms with Gasteiger partial charge in [0.25, 0.3) is 22.9 Å². The molecule has 7 aromatic rings. The van der Waals surface area contributed by atoms with Crippen LogP contribution in [0.1, 0.15) is 68.3 Å². The first kappa shape index (κ1) is 49.3. The highest BCUT2D eigenvalue weighted by molar-refractivity contribution is 6.05. The number of carboxylic acid groups (broad SMARTS) is 1. The van der Waals surface area contributed by atoms with Crippen molar-refractivity contribution in [2.75, 3.05) is 20.2 Å². The minimum atomic E-state index is -1.41. The van der Waals surface area contributed by atoms with Crippen molar-refractivity contribution in [3.8, 4) is 29.1 Å². The number of nitrogens with zero attached hydrogens (tertiary/aromatic N) is 5. The van der Waals surface area contributed by atoms with E-state index in [0.717, 1.165) is 27.1 Å². The molecular formula is C53H41F2N7O12. The molecule has 0 spiro atoms. The third kappa shape index (κ3) is 9.58. The number of carbonyl (C=O) groups excluding carboxylic acids is 3. The summed E-state index contributed by atoms with van der Waals surface area (Å²) >= 11 is 0. The van der Waals surface area contributed by atoms with Crippen LogP contribution in [0.4, 0.5) is 8.78 Å². The van der Waals surface area contributed by atoms with Crippen LogP contribution in [0.15, 0.2) is 112 Å². The number of nitriles is 1. The fraction of sp³-hybridized carbons (Fsp3) is 0.189. The van der Waals surface area contributed by atoms with Crippen molar-refractivity contribution in [1.82, 2.24) is 29.7 Å². The lowest BCUT2D eigenvalue weighted by molar-refractivity contribution is -0.135. The number of benzene rings is 3. The summed E-state index contributed by atoms with van der Waals surface area (Å²) in [5.41, 5.74) is 0.104. The number of carbonyl (C=O) groups is 4. The normalized spacial score (nSPS) is 13.4. The van der Waals surface area contributed by atoms with Gasteiger partial charge < -0.3 is 39.8 Å². The molecule has 10 rings (SSSR count). The number of pyridine rings is 4. The van der Waals surface area contributed by atoms with Crippen LogP contribution >= 0.6 is 0 Å². The largest absolute Gasteiger partial charge is 0.505 e. The van der Waals surface area contributed by atoms with E-state index in [1.165, 1.54) is 43.7 Å². The summed E-state index contributed by atoms with van der Waals surface area (Å²) in [6.07, 6.45) is 6.75. The lowest BCUT2D eigenvalue weighted by atomic mass is 10.0. The first-order valence-electron chi connectivity index (χ1n) is 22.8. The molecule has 0 atom stereocenters. The van der Waals surface area contributed by atoms with Gasteiger partial charge in [-0.15, -0.1) is 0 Å². The molecule has 2 aliphatic heterocycles. The number of rotatable bonds is 14. The fourth-order valence-electron chi connectivity index (χ4n) is 8.19. The molecule has 1 aliphatic carbocycles. The Morgan fingerprint density at radius 2 is 1.31 bits per heavy atom. The van der Waals surface area contributed by atoms with E-state index in [9.17, 15) is 53.0 Å². The minimum Gasteiger partial charge on any atom is -0.505 e. The zero-order valence-corrected chi connectivity index (χ0v) is 39.2. The Labute approximate surface area is 417 Å². The third-order valence-electron chi connectivity index (χ3n) is 12.2. The first-order valence-corrected chi connectivity index (χ1v) is 22.8. The van der Waals surface area contributed by atoms with Crippen molar-refractivity contribution >= 4 is 58.2 Å². The number of hydrogen-bond donors (Lipinski definition) is 4. The Bertz CT molecular complexity index is 3700. The Hall–Kier alpha value is -9.71. The van der Waals surface area contributed by atoms with Crippen LogP contribution in [-0.4, -0.2) is 73.3 Å². The Kier molecular flexibility index (Phi) is 13.4. The van der Waals surface area contributed by atoms with Gasteiger partial charge in [-0.2, -0.15) is 5.26 Å². The van der Waals surface area contributed by atoms with Crippen molar-refractivity contribution in [2.45, 2.75) is 39.2 Å². The maximum atomic E-state index is 13.6. The molecule has 3 aromatic carbocycles. The predicted molar refractivity (Wildman–Crippen MR) is 260 cm³/mol. The van der Waals surface area contributed by atoms with Gasteiger partial charge in [-0.3, -0.25) is 38.3 Å². The molecule has 19 nitrogen and oxygen atoms in total. The van der Waals surface area contributed by atoms with Gasteiger partial charge in [0.15, 0.2) is 28.6 Å². The maximum Gasteiger partial charge on any atom is 0.373 e. The number of ether oxygens (including phenoxy) is 4. The van der Waals surface area contributed by atoms with Crippen LogP contribution in [0.3, 0.4) is 0 Å². The minimum absolute atomic E-state index is 0.00302. The second kappa shape index (κ2) is 20.2. The summed E-state index contributed by atoms with van der Waals surface area (Å²) in [5, 5.41) is 34.7. The molecule has 4 aromatic heterocycles. The van der Waals surface area contributed by atoms with Gasteiger partial charge in [-0.25, -0.2) is 18.4 Å². The topological polar surface area (TPSA) is 263 Å². The Morgan fingerprint density at radius 3 is 1.85 bits per heavy atom. The number of carboxylic acids is 1. The van der Waals surface area contributed by atoms with Crippen molar-refractivity contribution in [2.24, 2.45) is 5.41 Å². The summed E-state index contributed by atoms with van der Waals surface area (Å²) in [6.45, 7) is 1.75. The molecule has 0 radical (unpaired) electrons. The summed E-state index contributed by atoms with van der Waals surface area (Å²) in [6, 6.07) is 22.8. The molecular weight excluding hydrogens is 965 g/mol. The highest BCUT2D eigenvalue weighted by Gasteiger charge is 2.44. The number of hydrogen-bond acceptors (Lipinski definition) is 14. The molecule has 0 bridgehead atoms. The summed E-state index contributed by atoms with van der Waals surface area (Å²) < 4.78 is 51.6. The Morgan fingerprint density at radius 1 is 0.770 bits per heavy atom. The number of nitrogens with one attached hydrogen (secondary N) is 2. The van der Waals surface area contributed by atoms with Crippen molar-refractivity contribution in [3.63, 3.8) is 0 Å². The fourth-order valence-corrected chi connectivity index (χ4v) is 8.19. The van der Waals surface area contributed by atoms with Crippen molar-refractivity contribution in [1.29, 1.82) is 5.26 Å². The van der Waals surface area contributed by atoms with Gasteiger partial charge in [0.2, 0.25) is 11.5 Å². The summed E-state index contributed by atoms with van der Waals surface area (Å²) in [5.74, 6) is -5.95. The number of aliphatic carboxylic acids is 1. The maximum absolute atomic E-state index is 13.6. The van der Waals surface area contributed by atoms with Crippen LogP contribution in [0.5, 0.6) is 23.0 Å². The molecule has 374 valence electrons. The summed E-state index contributed by atoms with van der Waals surface area (Å²) in [7, 11) is 1.31. The van der Waals surface area contributed by atoms with Gasteiger partial charge in [0, 0.05) is 50.0 Å². The molecule has 4 N–H and O–H groups in total.